The third-order valence-electron chi connectivity index (χ3n) is 4.21. The van der Waals surface area contributed by atoms with Crippen molar-refractivity contribution in [3.05, 3.63) is 24.5 Å². The van der Waals surface area contributed by atoms with E-state index in [4.69, 9.17) is 0 Å². The number of carbonyl (C=O) groups excluding carboxylic acids is 1. The SMILES string of the molecule is O=C(C1CC=CCC1)N1CCC(n2ccnn2)CC1. The van der Waals surface area contributed by atoms with Gasteiger partial charge in [-0.15, -0.1) is 5.10 Å². The first-order valence-electron chi connectivity index (χ1n) is 7.14. The Morgan fingerprint density at radius 1 is 1.16 bits per heavy atom. The molecule has 0 aromatic carbocycles. The van der Waals surface area contributed by atoms with Crippen molar-refractivity contribution < 1.29 is 4.79 Å². The number of amides is 1. The minimum atomic E-state index is 0.216. The first kappa shape index (κ1) is 12.4. The predicted octanol–water partition coefficient (Wildman–Crippen LogP) is 1.80. The Bertz CT molecular complexity index is 446. The molecule has 1 saturated heterocycles. The van der Waals surface area contributed by atoms with Crippen molar-refractivity contribution >= 4 is 5.91 Å². The van der Waals surface area contributed by atoms with Crippen molar-refractivity contribution in [1.29, 1.82) is 0 Å². The van der Waals surface area contributed by atoms with Gasteiger partial charge in [0.15, 0.2) is 0 Å². The number of allylic oxidation sites excluding steroid dienone is 2. The molecule has 2 heterocycles. The van der Waals surface area contributed by atoms with Crippen molar-refractivity contribution in [1.82, 2.24) is 19.9 Å². The summed E-state index contributed by atoms with van der Waals surface area (Å²) < 4.78 is 1.92. The van der Waals surface area contributed by atoms with Gasteiger partial charge in [-0.1, -0.05) is 17.4 Å². The van der Waals surface area contributed by atoms with Gasteiger partial charge in [0, 0.05) is 25.2 Å². The second-order valence-electron chi connectivity index (χ2n) is 5.42. The average Bonchev–Trinajstić information content (AvgIpc) is 3.02. The Kier molecular flexibility index (Phi) is 3.62. The van der Waals surface area contributed by atoms with E-state index in [2.05, 4.69) is 22.5 Å². The van der Waals surface area contributed by atoms with Gasteiger partial charge in [-0.25, -0.2) is 4.68 Å². The maximum absolute atomic E-state index is 12.4. The van der Waals surface area contributed by atoms with Gasteiger partial charge < -0.3 is 4.90 Å². The largest absolute Gasteiger partial charge is 0.342 e. The molecule has 102 valence electrons. The van der Waals surface area contributed by atoms with Gasteiger partial charge in [-0.05, 0) is 32.1 Å². The van der Waals surface area contributed by atoms with Crippen molar-refractivity contribution in [3.63, 3.8) is 0 Å². The zero-order valence-corrected chi connectivity index (χ0v) is 11.1. The highest BCUT2D eigenvalue weighted by atomic mass is 16.2. The molecular weight excluding hydrogens is 240 g/mol. The zero-order valence-electron chi connectivity index (χ0n) is 11.1. The number of likely N-dealkylation sites (tertiary alicyclic amines) is 1. The molecule has 0 bridgehead atoms. The van der Waals surface area contributed by atoms with E-state index in [0.717, 1.165) is 45.2 Å². The lowest BCUT2D eigenvalue weighted by atomic mass is 9.92. The summed E-state index contributed by atoms with van der Waals surface area (Å²) in [6.07, 6.45) is 12.9. The van der Waals surface area contributed by atoms with Crippen molar-refractivity contribution in [3.8, 4) is 0 Å². The van der Waals surface area contributed by atoms with E-state index in [0.29, 0.717) is 11.9 Å². The summed E-state index contributed by atoms with van der Waals surface area (Å²) in [5, 5.41) is 7.90. The Balaban J connectivity index is 1.55. The van der Waals surface area contributed by atoms with Crippen molar-refractivity contribution in [2.75, 3.05) is 13.1 Å². The van der Waals surface area contributed by atoms with Crippen LogP contribution in [0.4, 0.5) is 0 Å². The van der Waals surface area contributed by atoms with Crippen LogP contribution in [-0.4, -0.2) is 38.9 Å². The fourth-order valence-corrected chi connectivity index (χ4v) is 3.04. The van der Waals surface area contributed by atoms with Crippen LogP contribution in [-0.2, 0) is 4.79 Å². The lowest BCUT2D eigenvalue weighted by Gasteiger charge is -2.34. The molecule has 5 heteroatoms. The molecule has 1 aliphatic heterocycles. The topological polar surface area (TPSA) is 51.0 Å². The Morgan fingerprint density at radius 2 is 2.00 bits per heavy atom. The van der Waals surface area contributed by atoms with Crippen LogP contribution in [0.2, 0.25) is 0 Å². The minimum Gasteiger partial charge on any atom is -0.342 e. The molecule has 1 aromatic rings. The second-order valence-corrected chi connectivity index (χ2v) is 5.42. The highest BCUT2D eigenvalue weighted by molar-refractivity contribution is 5.79. The van der Waals surface area contributed by atoms with E-state index in [-0.39, 0.29) is 5.92 Å². The van der Waals surface area contributed by atoms with Gasteiger partial charge in [0.1, 0.15) is 0 Å². The molecule has 5 nitrogen and oxygen atoms in total. The summed E-state index contributed by atoms with van der Waals surface area (Å²) in [6.45, 7) is 1.70. The molecule has 1 amide bonds. The number of carbonyl (C=O) groups is 1. The van der Waals surface area contributed by atoms with Crippen LogP contribution in [0.1, 0.15) is 38.1 Å². The molecule has 1 atom stereocenters. The van der Waals surface area contributed by atoms with E-state index >= 15 is 0 Å². The quantitative estimate of drug-likeness (QED) is 0.762. The molecule has 1 aliphatic carbocycles. The lowest BCUT2D eigenvalue weighted by molar-refractivity contribution is -0.137. The number of aromatic nitrogens is 3. The summed E-state index contributed by atoms with van der Waals surface area (Å²) in [5.74, 6) is 0.564. The zero-order chi connectivity index (χ0) is 13.1. The van der Waals surface area contributed by atoms with Crippen LogP contribution in [0, 0.1) is 5.92 Å². The molecule has 2 aliphatic rings. The maximum atomic E-state index is 12.4. The summed E-state index contributed by atoms with van der Waals surface area (Å²) in [7, 11) is 0. The van der Waals surface area contributed by atoms with Crippen LogP contribution >= 0.6 is 0 Å². The number of nitrogens with zero attached hydrogens (tertiary/aromatic N) is 4. The lowest BCUT2D eigenvalue weighted by Crippen LogP contribution is -2.42. The summed E-state index contributed by atoms with van der Waals surface area (Å²) >= 11 is 0. The predicted molar refractivity (Wildman–Crippen MR) is 71.4 cm³/mol. The van der Waals surface area contributed by atoms with Gasteiger partial charge in [0.2, 0.25) is 5.91 Å². The van der Waals surface area contributed by atoms with E-state index < -0.39 is 0 Å². The molecule has 1 fully saturated rings. The summed E-state index contributed by atoms with van der Waals surface area (Å²) in [6, 6.07) is 0.401. The van der Waals surface area contributed by atoms with Gasteiger partial charge in [-0.3, -0.25) is 4.79 Å². The number of rotatable bonds is 2. The van der Waals surface area contributed by atoms with E-state index in [1.165, 1.54) is 0 Å². The normalized spacial score (nSPS) is 24.6. The van der Waals surface area contributed by atoms with Gasteiger partial charge in [0.25, 0.3) is 0 Å². The number of piperidine rings is 1. The van der Waals surface area contributed by atoms with Crippen LogP contribution in [0.5, 0.6) is 0 Å². The van der Waals surface area contributed by atoms with Gasteiger partial charge in [-0.2, -0.15) is 0 Å². The van der Waals surface area contributed by atoms with Crippen LogP contribution in [0.15, 0.2) is 24.5 Å². The van der Waals surface area contributed by atoms with Crippen molar-refractivity contribution in [2.45, 2.75) is 38.1 Å². The second kappa shape index (κ2) is 5.55. The minimum absolute atomic E-state index is 0.216. The molecule has 0 N–H and O–H groups in total. The third-order valence-corrected chi connectivity index (χ3v) is 4.21. The maximum Gasteiger partial charge on any atom is 0.226 e. The number of hydrogen-bond donors (Lipinski definition) is 0. The fraction of sp³-hybridized carbons (Fsp3) is 0.643. The molecule has 0 saturated carbocycles. The highest BCUT2D eigenvalue weighted by Gasteiger charge is 2.28. The third kappa shape index (κ3) is 2.69. The highest BCUT2D eigenvalue weighted by Crippen LogP contribution is 2.25. The smallest absolute Gasteiger partial charge is 0.226 e. The average molecular weight is 260 g/mol. The molecule has 1 aromatic heterocycles. The molecule has 0 spiro atoms. The monoisotopic (exact) mass is 260 g/mol. The van der Waals surface area contributed by atoms with Crippen LogP contribution < -0.4 is 0 Å². The molecule has 19 heavy (non-hydrogen) atoms. The Hall–Kier alpha value is -1.65. The summed E-state index contributed by atoms with van der Waals surface area (Å²) in [5.41, 5.74) is 0. The molecule has 3 rings (SSSR count). The standard InChI is InChI=1S/C14H20N4O/c19-14(12-4-2-1-3-5-12)17-9-6-13(7-10-17)18-11-8-15-16-18/h1-2,8,11-13H,3-7,9-10H2. The Labute approximate surface area is 113 Å². The first-order chi connectivity index (χ1) is 9.34. The Morgan fingerprint density at radius 3 is 2.63 bits per heavy atom. The van der Waals surface area contributed by atoms with E-state index in [1.807, 2.05) is 15.8 Å². The summed E-state index contributed by atoms with van der Waals surface area (Å²) in [4.78, 5) is 14.4. The number of hydrogen-bond acceptors (Lipinski definition) is 3. The van der Waals surface area contributed by atoms with Gasteiger partial charge in [0.05, 0.1) is 12.2 Å². The molecule has 1 unspecified atom stereocenters. The van der Waals surface area contributed by atoms with E-state index in [9.17, 15) is 4.79 Å². The fourth-order valence-electron chi connectivity index (χ4n) is 3.04. The van der Waals surface area contributed by atoms with E-state index in [1.54, 1.807) is 6.20 Å². The van der Waals surface area contributed by atoms with Crippen LogP contribution in [0.3, 0.4) is 0 Å². The van der Waals surface area contributed by atoms with Gasteiger partial charge >= 0.3 is 0 Å². The van der Waals surface area contributed by atoms with Crippen molar-refractivity contribution in [2.24, 2.45) is 5.92 Å². The molecular formula is C14H20N4O. The molecule has 0 radical (unpaired) electrons. The van der Waals surface area contributed by atoms with Crippen LogP contribution in [0.25, 0.3) is 0 Å². The first-order valence-corrected chi connectivity index (χ1v) is 7.14.